The van der Waals surface area contributed by atoms with Gasteiger partial charge in [0.15, 0.2) is 0 Å². The molecule has 0 aromatic heterocycles. The van der Waals surface area contributed by atoms with Gasteiger partial charge in [-0.05, 0) is 40.3 Å². The molecule has 1 atom stereocenters. The van der Waals surface area contributed by atoms with Crippen LogP contribution in [0.3, 0.4) is 0 Å². The van der Waals surface area contributed by atoms with Crippen LogP contribution in [0.4, 0.5) is 0 Å². The van der Waals surface area contributed by atoms with Crippen molar-refractivity contribution in [1.82, 2.24) is 0 Å². The molecular weight excluding hydrogens is 321 g/mol. The number of halogens is 1. The number of rotatable bonds is 3. The van der Waals surface area contributed by atoms with Crippen molar-refractivity contribution in [3.63, 3.8) is 0 Å². The first kappa shape index (κ1) is 11.4. The first-order valence-corrected chi connectivity index (χ1v) is 6.83. The molecule has 0 saturated carbocycles. The summed E-state index contributed by atoms with van der Waals surface area (Å²) in [5.41, 5.74) is 1.19. The van der Waals surface area contributed by atoms with Gasteiger partial charge in [-0.15, -0.1) is 11.8 Å². The zero-order chi connectivity index (χ0) is 10.7. The van der Waals surface area contributed by atoms with Crippen molar-refractivity contribution in [1.29, 1.82) is 0 Å². The van der Waals surface area contributed by atoms with E-state index in [2.05, 4.69) is 51.8 Å². The van der Waals surface area contributed by atoms with Crippen LogP contribution in [0.25, 0.3) is 0 Å². The fourth-order valence-electron chi connectivity index (χ4n) is 1.53. The van der Waals surface area contributed by atoms with Crippen LogP contribution in [-0.2, 0) is 4.74 Å². The van der Waals surface area contributed by atoms with E-state index in [1.807, 2.05) is 0 Å². The third-order valence-electron chi connectivity index (χ3n) is 2.24. The minimum Gasteiger partial charge on any atom is -0.370 e. The van der Waals surface area contributed by atoms with Crippen molar-refractivity contribution in [2.75, 3.05) is 19.4 Å². The molecule has 1 aromatic rings. The minimum absolute atomic E-state index is 0.0227. The fraction of sp³-hybridized carbons (Fsp3) is 0.364. The zero-order valence-electron chi connectivity index (χ0n) is 8.44. The van der Waals surface area contributed by atoms with Crippen LogP contribution in [0.2, 0.25) is 0 Å². The van der Waals surface area contributed by atoms with Crippen molar-refractivity contribution < 1.29 is 4.74 Å². The van der Waals surface area contributed by atoms with Gasteiger partial charge in [0.1, 0.15) is 11.1 Å². The topological polar surface area (TPSA) is 21.6 Å². The highest BCUT2D eigenvalue weighted by molar-refractivity contribution is 14.1. The van der Waals surface area contributed by atoms with Crippen molar-refractivity contribution in [2.45, 2.75) is 6.10 Å². The second-order valence-electron chi connectivity index (χ2n) is 3.24. The summed E-state index contributed by atoms with van der Waals surface area (Å²) in [5.74, 6) is 1.08. The highest BCUT2D eigenvalue weighted by atomic mass is 127. The van der Waals surface area contributed by atoms with Crippen LogP contribution < -0.4 is 0 Å². The second-order valence-corrected chi connectivity index (χ2v) is 5.60. The summed E-state index contributed by atoms with van der Waals surface area (Å²) >= 11 is 4.10. The second kappa shape index (κ2) is 5.32. The minimum atomic E-state index is 0.0227. The molecule has 0 saturated heterocycles. The maximum atomic E-state index is 5.51. The molecule has 80 valence electrons. The summed E-state index contributed by atoms with van der Waals surface area (Å²) in [6, 6.07) is 8.42. The first-order chi connectivity index (χ1) is 7.31. The summed E-state index contributed by atoms with van der Waals surface area (Å²) < 4.78 is 6.75. The van der Waals surface area contributed by atoms with E-state index < -0.39 is 0 Å². The van der Waals surface area contributed by atoms with Crippen LogP contribution in [-0.4, -0.2) is 24.5 Å². The van der Waals surface area contributed by atoms with Crippen LogP contribution in [0.15, 0.2) is 29.3 Å². The Kier molecular flexibility index (Phi) is 4.05. The first-order valence-electron chi connectivity index (χ1n) is 4.76. The number of hydrogen-bond acceptors (Lipinski definition) is 3. The lowest BCUT2D eigenvalue weighted by Gasteiger charge is -2.15. The molecule has 0 fully saturated rings. The molecular formula is C11H12INOS. The average Bonchev–Trinajstić information content (AvgIpc) is 2.75. The molecule has 2 nitrogen and oxygen atoms in total. The number of thioether (sulfide) groups is 1. The van der Waals surface area contributed by atoms with Crippen LogP contribution >= 0.6 is 34.4 Å². The Hall–Kier alpha value is -0.0700. The van der Waals surface area contributed by atoms with Crippen LogP contribution in [0.1, 0.15) is 11.7 Å². The van der Waals surface area contributed by atoms with E-state index in [1.165, 1.54) is 9.13 Å². The van der Waals surface area contributed by atoms with Gasteiger partial charge in [0, 0.05) is 23.0 Å². The maximum Gasteiger partial charge on any atom is 0.130 e. The summed E-state index contributed by atoms with van der Waals surface area (Å²) in [4.78, 5) is 4.46. The lowest BCUT2D eigenvalue weighted by Crippen LogP contribution is -2.09. The van der Waals surface area contributed by atoms with Gasteiger partial charge in [-0.25, -0.2) is 0 Å². The Morgan fingerprint density at radius 1 is 1.40 bits per heavy atom. The zero-order valence-corrected chi connectivity index (χ0v) is 11.4. The van der Waals surface area contributed by atoms with E-state index in [0.717, 1.165) is 17.3 Å². The molecule has 0 aliphatic carbocycles. The van der Waals surface area contributed by atoms with E-state index in [4.69, 9.17) is 4.74 Å². The van der Waals surface area contributed by atoms with E-state index >= 15 is 0 Å². The molecule has 0 spiro atoms. The number of methoxy groups -OCH3 is 1. The molecule has 1 unspecified atom stereocenters. The summed E-state index contributed by atoms with van der Waals surface area (Å²) in [6.07, 6.45) is 0.0227. The third-order valence-corrected chi connectivity index (χ3v) is 3.99. The highest BCUT2D eigenvalue weighted by Gasteiger charge is 2.20. The monoisotopic (exact) mass is 333 g/mol. The van der Waals surface area contributed by atoms with E-state index in [1.54, 1.807) is 18.9 Å². The maximum absolute atomic E-state index is 5.51. The predicted molar refractivity (Wildman–Crippen MR) is 73.7 cm³/mol. The largest absolute Gasteiger partial charge is 0.370 e. The number of ether oxygens (including phenoxy) is 1. The molecule has 0 radical (unpaired) electrons. The molecule has 0 amide bonds. The van der Waals surface area contributed by atoms with Gasteiger partial charge in [-0.1, -0.05) is 12.1 Å². The molecule has 4 heteroatoms. The lowest BCUT2D eigenvalue weighted by molar-refractivity contribution is 0.160. The highest BCUT2D eigenvalue weighted by Crippen LogP contribution is 2.28. The molecule has 0 N–H and O–H groups in total. The Bertz CT molecular complexity index is 363. The average molecular weight is 333 g/mol. The number of benzene rings is 1. The smallest absolute Gasteiger partial charge is 0.130 e. The quantitative estimate of drug-likeness (QED) is 0.793. The van der Waals surface area contributed by atoms with Crippen molar-refractivity contribution in [3.05, 3.63) is 33.4 Å². The van der Waals surface area contributed by atoms with Crippen molar-refractivity contribution in [3.8, 4) is 0 Å². The molecule has 2 rings (SSSR count). The van der Waals surface area contributed by atoms with Gasteiger partial charge in [-0.2, -0.15) is 0 Å². The van der Waals surface area contributed by atoms with Crippen molar-refractivity contribution in [2.24, 2.45) is 4.99 Å². The van der Waals surface area contributed by atoms with Gasteiger partial charge in [0.25, 0.3) is 0 Å². The Balaban J connectivity index is 2.22. The van der Waals surface area contributed by atoms with E-state index in [-0.39, 0.29) is 6.10 Å². The Labute approximate surface area is 108 Å². The number of aliphatic imine (C=N–C) groups is 1. The van der Waals surface area contributed by atoms with Gasteiger partial charge in [-0.3, -0.25) is 4.99 Å². The standard InChI is InChI=1S/C11H12INOS/c1-14-10(11-13-6-7-15-11)8-2-4-9(12)5-3-8/h2-5,10H,6-7H2,1H3. The van der Waals surface area contributed by atoms with E-state index in [9.17, 15) is 0 Å². The third kappa shape index (κ3) is 2.73. The number of hydrogen-bond donors (Lipinski definition) is 0. The molecule has 1 aliphatic rings. The van der Waals surface area contributed by atoms with Gasteiger partial charge >= 0.3 is 0 Å². The normalized spacial score (nSPS) is 17.6. The van der Waals surface area contributed by atoms with Gasteiger partial charge in [0.2, 0.25) is 0 Å². The molecule has 15 heavy (non-hydrogen) atoms. The molecule has 1 heterocycles. The Morgan fingerprint density at radius 2 is 2.13 bits per heavy atom. The summed E-state index contributed by atoms with van der Waals surface area (Å²) in [6.45, 7) is 0.921. The van der Waals surface area contributed by atoms with Gasteiger partial charge in [0.05, 0.1) is 0 Å². The molecule has 1 aliphatic heterocycles. The molecule has 1 aromatic carbocycles. The summed E-state index contributed by atoms with van der Waals surface area (Å²) in [7, 11) is 1.74. The fourth-order valence-corrected chi connectivity index (χ4v) is 2.84. The van der Waals surface area contributed by atoms with E-state index in [0.29, 0.717) is 0 Å². The van der Waals surface area contributed by atoms with Crippen LogP contribution in [0.5, 0.6) is 0 Å². The summed E-state index contributed by atoms with van der Waals surface area (Å²) in [5, 5.41) is 1.11. The van der Waals surface area contributed by atoms with Crippen molar-refractivity contribution >= 4 is 39.4 Å². The number of nitrogens with zero attached hydrogens (tertiary/aromatic N) is 1. The predicted octanol–water partition coefficient (Wildman–Crippen LogP) is 3.12. The lowest BCUT2D eigenvalue weighted by atomic mass is 10.1. The molecule has 0 bridgehead atoms. The Morgan fingerprint density at radius 3 is 2.67 bits per heavy atom. The van der Waals surface area contributed by atoms with Crippen LogP contribution in [0, 0.1) is 3.57 Å². The SMILES string of the molecule is COC(C1=NCCS1)c1ccc(I)cc1. The van der Waals surface area contributed by atoms with Gasteiger partial charge < -0.3 is 4.74 Å².